The third kappa shape index (κ3) is 5.13. The second-order valence-electron chi connectivity index (χ2n) is 6.59. The molecule has 2 aromatic carbocycles. The molecule has 0 aliphatic carbocycles. The quantitative estimate of drug-likeness (QED) is 0.617. The first kappa shape index (κ1) is 20.8. The van der Waals surface area contributed by atoms with E-state index in [2.05, 4.69) is 15.0 Å². The number of sulfonamides is 1. The average molecular weight is 430 g/mol. The van der Waals surface area contributed by atoms with Crippen LogP contribution in [-0.4, -0.2) is 19.3 Å². The Kier molecular flexibility index (Phi) is 6.20. The summed E-state index contributed by atoms with van der Waals surface area (Å²) >= 11 is 6.13. The standard InChI is InChI=1S/C21H20ClN3O3S/c1-14-5-6-17(10-15(14)2)25-29(27,28)18-7-8-20(22)19(11-18)21(26)24-13-16-4-3-9-23-12-16/h3-12,25H,13H2,1-2H3,(H,24,26). The lowest BCUT2D eigenvalue weighted by atomic mass is 10.1. The van der Waals surface area contributed by atoms with E-state index in [1.54, 1.807) is 30.6 Å². The minimum atomic E-state index is -3.88. The number of benzene rings is 2. The maximum Gasteiger partial charge on any atom is 0.261 e. The van der Waals surface area contributed by atoms with E-state index in [9.17, 15) is 13.2 Å². The van der Waals surface area contributed by atoms with Gasteiger partial charge in [-0.25, -0.2) is 8.42 Å². The van der Waals surface area contributed by atoms with Crippen LogP contribution in [0.2, 0.25) is 5.02 Å². The van der Waals surface area contributed by atoms with Crippen molar-refractivity contribution in [1.82, 2.24) is 10.3 Å². The lowest BCUT2D eigenvalue weighted by molar-refractivity contribution is 0.0951. The second-order valence-corrected chi connectivity index (χ2v) is 8.68. The molecule has 0 aliphatic rings. The number of halogens is 1. The maximum atomic E-state index is 12.8. The highest BCUT2D eigenvalue weighted by molar-refractivity contribution is 7.92. The fourth-order valence-corrected chi connectivity index (χ4v) is 3.92. The molecule has 3 rings (SSSR count). The Morgan fingerprint density at radius 1 is 1.07 bits per heavy atom. The van der Waals surface area contributed by atoms with Gasteiger partial charge in [-0.15, -0.1) is 0 Å². The van der Waals surface area contributed by atoms with Crippen LogP contribution >= 0.6 is 11.6 Å². The molecule has 0 unspecified atom stereocenters. The lowest BCUT2D eigenvalue weighted by Gasteiger charge is -2.12. The predicted octanol–water partition coefficient (Wildman–Crippen LogP) is 4.08. The first-order chi connectivity index (χ1) is 13.8. The van der Waals surface area contributed by atoms with Crippen LogP contribution in [0.1, 0.15) is 27.0 Å². The number of anilines is 1. The van der Waals surface area contributed by atoms with E-state index in [-0.39, 0.29) is 22.0 Å². The number of aryl methyl sites for hydroxylation is 2. The molecule has 0 fully saturated rings. The molecule has 0 saturated carbocycles. The molecule has 1 amide bonds. The molecule has 0 bridgehead atoms. The van der Waals surface area contributed by atoms with Crippen LogP contribution in [0.4, 0.5) is 5.69 Å². The van der Waals surface area contributed by atoms with E-state index in [1.165, 1.54) is 18.2 Å². The van der Waals surface area contributed by atoms with Crippen molar-refractivity contribution in [2.75, 3.05) is 4.72 Å². The number of aromatic nitrogens is 1. The van der Waals surface area contributed by atoms with Gasteiger partial charge in [-0.1, -0.05) is 23.7 Å². The number of amides is 1. The molecule has 2 N–H and O–H groups in total. The van der Waals surface area contributed by atoms with E-state index < -0.39 is 15.9 Å². The van der Waals surface area contributed by atoms with Gasteiger partial charge in [0.1, 0.15) is 0 Å². The first-order valence-electron chi connectivity index (χ1n) is 8.83. The number of rotatable bonds is 6. The maximum absolute atomic E-state index is 12.8. The van der Waals surface area contributed by atoms with Crippen molar-refractivity contribution >= 4 is 33.2 Å². The molecule has 0 atom stereocenters. The Morgan fingerprint density at radius 2 is 1.86 bits per heavy atom. The van der Waals surface area contributed by atoms with Crippen molar-refractivity contribution in [2.24, 2.45) is 0 Å². The minimum absolute atomic E-state index is 0.0494. The molecule has 0 radical (unpaired) electrons. The molecule has 0 saturated heterocycles. The van der Waals surface area contributed by atoms with Crippen LogP contribution in [0.5, 0.6) is 0 Å². The Hall–Kier alpha value is -2.90. The monoisotopic (exact) mass is 429 g/mol. The molecule has 150 valence electrons. The number of pyridine rings is 1. The summed E-state index contributed by atoms with van der Waals surface area (Å²) in [5.74, 6) is -0.470. The summed E-state index contributed by atoms with van der Waals surface area (Å²) in [7, 11) is -3.88. The van der Waals surface area contributed by atoms with E-state index in [0.717, 1.165) is 16.7 Å². The van der Waals surface area contributed by atoms with Gasteiger partial charge >= 0.3 is 0 Å². The number of carbonyl (C=O) groups is 1. The molecular formula is C21H20ClN3O3S. The molecule has 0 spiro atoms. The topological polar surface area (TPSA) is 88.2 Å². The Labute approximate surface area is 175 Å². The van der Waals surface area contributed by atoms with Crippen molar-refractivity contribution in [2.45, 2.75) is 25.3 Å². The number of hydrogen-bond donors (Lipinski definition) is 2. The Bertz CT molecular complexity index is 1150. The summed E-state index contributed by atoms with van der Waals surface area (Å²) in [5.41, 5.74) is 3.38. The minimum Gasteiger partial charge on any atom is -0.348 e. The van der Waals surface area contributed by atoms with Crippen LogP contribution in [0.15, 0.2) is 65.8 Å². The summed E-state index contributed by atoms with van der Waals surface area (Å²) in [6.45, 7) is 4.10. The van der Waals surface area contributed by atoms with Crippen molar-refractivity contribution < 1.29 is 13.2 Å². The van der Waals surface area contributed by atoms with Crippen LogP contribution in [0.3, 0.4) is 0 Å². The van der Waals surface area contributed by atoms with Gasteiger partial charge in [-0.3, -0.25) is 14.5 Å². The summed E-state index contributed by atoms with van der Waals surface area (Å²) in [5, 5.41) is 2.89. The molecule has 3 aromatic rings. The zero-order chi connectivity index (χ0) is 21.0. The highest BCUT2D eigenvalue weighted by atomic mass is 35.5. The fraction of sp³-hybridized carbons (Fsp3) is 0.143. The number of nitrogens with one attached hydrogen (secondary N) is 2. The highest BCUT2D eigenvalue weighted by Crippen LogP contribution is 2.23. The third-order valence-corrected chi connectivity index (χ3v) is 6.14. The van der Waals surface area contributed by atoms with Gasteiger partial charge in [0.25, 0.3) is 15.9 Å². The van der Waals surface area contributed by atoms with Gasteiger partial charge in [-0.2, -0.15) is 0 Å². The zero-order valence-corrected chi connectivity index (χ0v) is 17.5. The lowest BCUT2D eigenvalue weighted by Crippen LogP contribution is -2.24. The van der Waals surface area contributed by atoms with Crippen molar-refractivity contribution in [3.05, 3.63) is 88.2 Å². The highest BCUT2D eigenvalue weighted by Gasteiger charge is 2.19. The predicted molar refractivity (Wildman–Crippen MR) is 114 cm³/mol. The van der Waals surface area contributed by atoms with Crippen LogP contribution in [0, 0.1) is 13.8 Å². The fourth-order valence-electron chi connectivity index (χ4n) is 2.64. The molecular weight excluding hydrogens is 410 g/mol. The van der Waals surface area contributed by atoms with Gasteiger partial charge in [0.15, 0.2) is 0 Å². The van der Waals surface area contributed by atoms with E-state index in [0.29, 0.717) is 5.69 Å². The molecule has 6 nitrogen and oxygen atoms in total. The molecule has 1 aromatic heterocycles. The van der Waals surface area contributed by atoms with Gasteiger partial charge < -0.3 is 5.32 Å². The van der Waals surface area contributed by atoms with E-state index in [1.807, 2.05) is 26.0 Å². The molecule has 8 heteroatoms. The number of nitrogens with zero attached hydrogens (tertiary/aromatic N) is 1. The summed E-state index contributed by atoms with van der Waals surface area (Å²) < 4.78 is 28.1. The van der Waals surface area contributed by atoms with Crippen LogP contribution in [0.25, 0.3) is 0 Å². The molecule has 0 aliphatic heterocycles. The summed E-state index contributed by atoms with van der Waals surface area (Å²) in [6.07, 6.45) is 3.27. The van der Waals surface area contributed by atoms with Crippen LogP contribution < -0.4 is 10.0 Å². The number of carbonyl (C=O) groups excluding carboxylic acids is 1. The normalized spacial score (nSPS) is 11.1. The van der Waals surface area contributed by atoms with Crippen LogP contribution in [-0.2, 0) is 16.6 Å². The Morgan fingerprint density at radius 3 is 2.55 bits per heavy atom. The first-order valence-corrected chi connectivity index (χ1v) is 10.7. The second kappa shape index (κ2) is 8.63. The smallest absolute Gasteiger partial charge is 0.261 e. The molecule has 1 heterocycles. The van der Waals surface area contributed by atoms with Gasteiger partial charge in [-0.05, 0) is 66.9 Å². The summed E-state index contributed by atoms with van der Waals surface area (Å²) in [4.78, 5) is 16.5. The Balaban J connectivity index is 1.81. The largest absolute Gasteiger partial charge is 0.348 e. The average Bonchev–Trinajstić information content (AvgIpc) is 2.69. The molecule has 29 heavy (non-hydrogen) atoms. The van der Waals surface area contributed by atoms with Crippen molar-refractivity contribution in [3.8, 4) is 0 Å². The zero-order valence-electron chi connectivity index (χ0n) is 15.9. The van der Waals surface area contributed by atoms with E-state index in [4.69, 9.17) is 11.6 Å². The summed E-state index contributed by atoms with van der Waals surface area (Å²) in [6, 6.07) is 12.9. The van der Waals surface area contributed by atoms with Crippen molar-refractivity contribution in [3.63, 3.8) is 0 Å². The van der Waals surface area contributed by atoms with Gasteiger partial charge in [0.2, 0.25) is 0 Å². The third-order valence-electron chi connectivity index (χ3n) is 4.43. The SMILES string of the molecule is Cc1ccc(NS(=O)(=O)c2ccc(Cl)c(C(=O)NCc3cccnc3)c2)cc1C. The van der Waals surface area contributed by atoms with E-state index >= 15 is 0 Å². The van der Waals surface area contributed by atoms with Gasteiger partial charge in [0.05, 0.1) is 15.5 Å². The van der Waals surface area contributed by atoms with Crippen molar-refractivity contribution in [1.29, 1.82) is 0 Å². The number of hydrogen-bond acceptors (Lipinski definition) is 4. The van der Waals surface area contributed by atoms with Gasteiger partial charge in [0, 0.05) is 24.6 Å².